The SMILES string of the molecule is CC(C)=CCNc1ccccc1OC(F)(F)F. The molecule has 0 amide bonds. The van der Waals surface area contributed by atoms with Crippen LogP contribution < -0.4 is 10.1 Å². The van der Waals surface area contributed by atoms with E-state index >= 15 is 0 Å². The Morgan fingerprint density at radius 3 is 2.53 bits per heavy atom. The van der Waals surface area contributed by atoms with Crippen molar-refractivity contribution in [3.63, 3.8) is 0 Å². The second kappa shape index (κ2) is 5.61. The van der Waals surface area contributed by atoms with Crippen molar-refractivity contribution in [2.75, 3.05) is 11.9 Å². The summed E-state index contributed by atoms with van der Waals surface area (Å²) >= 11 is 0. The minimum absolute atomic E-state index is 0.220. The second-order valence-electron chi connectivity index (χ2n) is 3.71. The molecular weight excluding hydrogens is 231 g/mol. The fraction of sp³-hybridized carbons (Fsp3) is 0.333. The van der Waals surface area contributed by atoms with Crippen LogP contribution in [0.25, 0.3) is 0 Å². The van der Waals surface area contributed by atoms with E-state index in [1.54, 1.807) is 12.1 Å². The molecule has 0 fully saturated rings. The predicted octanol–water partition coefficient (Wildman–Crippen LogP) is 3.96. The number of alkyl halides is 3. The van der Waals surface area contributed by atoms with Gasteiger partial charge in [-0.05, 0) is 26.0 Å². The molecule has 94 valence electrons. The first-order valence-electron chi connectivity index (χ1n) is 5.10. The van der Waals surface area contributed by atoms with Gasteiger partial charge in [-0.2, -0.15) is 0 Å². The minimum atomic E-state index is -4.67. The summed E-state index contributed by atoms with van der Waals surface area (Å²) < 4.78 is 40.2. The van der Waals surface area contributed by atoms with Gasteiger partial charge >= 0.3 is 6.36 Å². The first kappa shape index (κ1) is 13.4. The van der Waals surface area contributed by atoms with E-state index in [1.165, 1.54) is 12.1 Å². The van der Waals surface area contributed by atoms with Crippen molar-refractivity contribution in [3.05, 3.63) is 35.9 Å². The number of benzene rings is 1. The van der Waals surface area contributed by atoms with Crippen LogP contribution in [0.1, 0.15) is 13.8 Å². The number of nitrogens with one attached hydrogen (secondary N) is 1. The highest BCUT2D eigenvalue weighted by Gasteiger charge is 2.31. The van der Waals surface area contributed by atoms with E-state index in [4.69, 9.17) is 0 Å². The molecule has 0 heterocycles. The van der Waals surface area contributed by atoms with Crippen LogP contribution in [0.2, 0.25) is 0 Å². The summed E-state index contributed by atoms with van der Waals surface area (Å²) in [6, 6.07) is 5.96. The Balaban J connectivity index is 2.74. The van der Waals surface area contributed by atoms with Gasteiger partial charge in [-0.25, -0.2) is 0 Å². The van der Waals surface area contributed by atoms with Crippen molar-refractivity contribution in [2.24, 2.45) is 0 Å². The van der Waals surface area contributed by atoms with Crippen LogP contribution in [0.5, 0.6) is 5.75 Å². The van der Waals surface area contributed by atoms with E-state index < -0.39 is 6.36 Å². The largest absolute Gasteiger partial charge is 0.573 e. The fourth-order valence-corrected chi connectivity index (χ4v) is 1.19. The van der Waals surface area contributed by atoms with Crippen LogP contribution >= 0.6 is 0 Å². The zero-order valence-electron chi connectivity index (χ0n) is 9.64. The lowest BCUT2D eigenvalue weighted by Crippen LogP contribution is -2.18. The van der Waals surface area contributed by atoms with Crippen LogP contribution in [0.4, 0.5) is 18.9 Å². The van der Waals surface area contributed by atoms with Crippen LogP contribution in [-0.2, 0) is 0 Å². The molecule has 17 heavy (non-hydrogen) atoms. The van der Waals surface area contributed by atoms with Crippen molar-refractivity contribution in [1.82, 2.24) is 0 Å². The first-order valence-corrected chi connectivity index (χ1v) is 5.10. The molecule has 2 nitrogen and oxygen atoms in total. The van der Waals surface area contributed by atoms with E-state index in [-0.39, 0.29) is 5.75 Å². The van der Waals surface area contributed by atoms with Crippen molar-refractivity contribution >= 4 is 5.69 Å². The molecule has 0 radical (unpaired) electrons. The third kappa shape index (κ3) is 5.29. The number of halogens is 3. The van der Waals surface area contributed by atoms with Crippen LogP contribution in [-0.4, -0.2) is 12.9 Å². The van der Waals surface area contributed by atoms with Gasteiger partial charge in [0.25, 0.3) is 0 Å². The summed E-state index contributed by atoms with van der Waals surface area (Å²) in [6.45, 7) is 4.29. The number of anilines is 1. The Hall–Kier alpha value is -1.65. The first-order chi connectivity index (χ1) is 7.88. The van der Waals surface area contributed by atoms with Gasteiger partial charge in [0.1, 0.15) is 0 Å². The zero-order chi connectivity index (χ0) is 12.9. The molecule has 0 atom stereocenters. The van der Waals surface area contributed by atoms with Crippen molar-refractivity contribution < 1.29 is 17.9 Å². The maximum Gasteiger partial charge on any atom is 0.573 e. The highest BCUT2D eigenvalue weighted by molar-refractivity contribution is 5.56. The molecule has 1 rings (SSSR count). The molecular formula is C12H14F3NO. The normalized spacial score (nSPS) is 10.9. The molecule has 0 aromatic heterocycles. The lowest BCUT2D eigenvalue weighted by atomic mass is 10.2. The maximum atomic E-state index is 12.1. The summed E-state index contributed by atoms with van der Waals surface area (Å²) in [5.41, 5.74) is 1.41. The number of hydrogen-bond acceptors (Lipinski definition) is 2. The number of allylic oxidation sites excluding steroid dienone is 1. The van der Waals surface area contributed by atoms with Crippen molar-refractivity contribution in [3.8, 4) is 5.75 Å². The Bertz CT molecular complexity index is 395. The summed E-state index contributed by atoms with van der Waals surface area (Å²) in [7, 11) is 0. The van der Waals surface area contributed by atoms with Crippen molar-refractivity contribution in [1.29, 1.82) is 0 Å². The summed E-state index contributed by atoms with van der Waals surface area (Å²) in [4.78, 5) is 0. The quantitative estimate of drug-likeness (QED) is 0.810. The molecule has 5 heteroatoms. The Morgan fingerprint density at radius 2 is 1.94 bits per heavy atom. The fourth-order valence-electron chi connectivity index (χ4n) is 1.19. The topological polar surface area (TPSA) is 21.3 Å². The molecule has 0 saturated heterocycles. The molecule has 1 aromatic carbocycles. The average Bonchev–Trinajstić information content (AvgIpc) is 2.17. The van der Waals surface area contributed by atoms with Crippen LogP contribution in [0.3, 0.4) is 0 Å². The van der Waals surface area contributed by atoms with Gasteiger partial charge < -0.3 is 10.1 Å². The maximum absolute atomic E-state index is 12.1. The number of rotatable bonds is 4. The molecule has 0 saturated carbocycles. The molecule has 0 unspecified atom stereocenters. The zero-order valence-corrected chi connectivity index (χ0v) is 9.64. The van der Waals surface area contributed by atoms with Gasteiger partial charge in [0.15, 0.2) is 5.75 Å². The highest BCUT2D eigenvalue weighted by Crippen LogP contribution is 2.29. The minimum Gasteiger partial charge on any atom is -0.404 e. The summed E-state index contributed by atoms with van der Waals surface area (Å²) in [5.74, 6) is -0.220. The molecule has 1 N–H and O–H groups in total. The van der Waals surface area contributed by atoms with E-state index in [0.717, 1.165) is 5.57 Å². The molecule has 0 aliphatic rings. The standard InChI is InChI=1S/C12H14F3NO/c1-9(2)7-8-16-10-5-3-4-6-11(10)17-12(13,14)15/h3-7,16H,8H2,1-2H3. The average molecular weight is 245 g/mol. The third-order valence-corrected chi connectivity index (χ3v) is 1.92. The number of para-hydroxylation sites is 2. The lowest BCUT2D eigenvalue weighted by Gasteiger charge is -2.13. The highest BCUT2D eigenvalue weighted by atomic mass is 19.4. The molecule has 0 bridgehead atoms. The van der Waals surface area contributed by atoms with Crippen molar-refractivity contribution in [2.45, 2.75) is 20.2 Å². The van der Waals surface area contributed by atoms with Gasteiger partial charge in [-0.3, -0.25) is 0 Å². The Labute approximate surface area is 98.1 Å². The molecule has 0 aliphatic carbocycles. The van der Waals surface area contributed by atoms with Gasteiger partial charge in [-0.1, -0.05) is 23.8 Å². The summed E-state index contributed by atoms with van der Waals surface area (Å²) in [6.07, 6.45) is -2.79. The smallest absolute Gasteiger partial charge is 0.404 e. The number of ether oxygens (including phenoxy) is 1. The van der Waals surface area contributed by atoms with Crippen LogP contribution in [0, 0.1) is 0 Å². The van der Waals surface area contributed by atoms with E-state index in [0.29, 0.717) is 12.2 Å². The van der Waals surface area contributed by atoms with Gasteiger partial charge in [0.2, 0.25) is 0 Å². The Morgan fingerprint density at radius 1 is 1.29 bits per heavy atom. The van der Waals surface area contributed by atoms with Crippen LogP contribution in [0.15, 0.2) is 35.9 Å². The summed E-state index contributed by atoms with van der Waals surface area (Å²) in [5, 5.41) is 2.87. The molecule has 1 aromatic rings. The van der Waals surface area contributed by atoms with E-state index in [2.05, 4.69) is 10.1 Å². The predicted molar refractivity (Wildman–Crippen MR) is 61.0 cm³/mol. The van der Waals surface area contributed by atoms with E-state index in [1.807, 2.05) is 19.9 Å². The van der Waals surface area contributed by atoms with Gasteiger partial charge in [-0.15, -0.1) is 13.2 Å². The molecule has 0 aliphatic heterocycles. The number of hydrogen-bond donors (Lipinski definition) is 1. The third-order valence-electron chi connectivity index (χ3n) is 1.92. The Kier molecular flexibility index (Phi) is 4.43. The van der Waals surface area contributed by atoms with Gasteiger partial charge in [0.05, 0.1) is 5.69 Å². The molecule has 0 spiro atoms. The monoisotopic (exact) mass is 245 g/mol. The van der Waals surface area contributed by atoms with Gasteiger partial charge in [0, 0.05) is 6.54 Å². The van der Waals surface area contributed by atoms with E-state index in [9.17, 15) is 13.2 Å². The second-order valence-corrected chi connectivity index (χ2v) is 3.71. The lowest BCUT2D eigenvalue weighted by molar-refractivity contribution is -0.274.